The van der Waals surface area contributed by atoms with Gasteiger partial charge in [-0.2, -0.15) is 0 Å². The van der Waals surface area contributed by atoms with Crippen LogP contribution in [0.25, 0.3) is 0 Å². The van der Waals surface area contributed by atoms with E-state index in [4.69, 9.17) is 0 Å². The van der Waals surface area contributed by atoms with E-state index in [-0.39, 0.29) is 5.91 Å². The Morgan fingerprint density at radius 1 is 1.22 bits per heavy atom. The number of carbonyl (C=O) groups is 1. The molecule has 0 saturated heterocycles. The molecule has 0 radical (unpaired) electrons. The van der Waals surface area contributed by atoms with Crippen molar-refractivity contribution in [2.24, 2.45) is 0 Å². The summed E-state index contributed by atoms with van der Waals surface area (Å²) in [5.74, 6) is 0.416. The number of nitrogens with zero attached hydrogens (tertiary/aromatic N) is 3. The van der Waals surface area contributed by atoms with Crippen molar-refractivity contribution in [2.75, 3.05) is 37.8 Å². The van der Waals surface area contributed by atoms with Gasteiger partial charge in [-0.25, -0.2) is 9.97 Å². The lowest BCUT2D eigenvalue weighted by Gasteiger charge is -2.12. The molecule has 0 atom stereocenters. The largest absolute Gasteiger partial charge is 0.369 e. The number of anilines is 2. The molecule has 0 aliphatic heterocycles. The van der Waals surface area contributed by atoms with Crippen molar-refractivity contribution in [3.63, 3.8) is 0 Å². The van der Waals surface area contributed by atoms with Gasteiger partial charge in [-0.1, -0.05) is 25.1 Å². The third kappa shape index (κ3) is 5.03. The Morgan fingerprint density at radius 3 is 2.74 bits per heavy atom. The van der Waals surface area contributed by atoms with E-state index >= 15 is 0 Å². The average molecular weight is 313 g/mol. The Labute approximate surface area is 137 Å². The molecular weight excluding hydrogens is 290 g/mol. The maximum atomic E-state index is 12.4. The molecule has 0 spiro atoms. The molecule has 2 rings (SSSR count). The first-order valence-electron chi connectivity index (χ1n) is 7.70. The Balaban J connectivity index is 2.04. The van der Waals surface area contributed by atoms with Crippen LogP contribution in [0.1, 0.15) is 23.0 Å². The zero-order valence-corrected chi connectivity index (χ0v) is 13.8. The van der Waals surface area contributed by atoms with Crippen LogP contribution in [0, 0.1) is 0 Å². The molecule has 1 amide bonds. The molecule has 23 heavy (non-hydrogen) atoms. The number of carbonyl (C=O) groups excluding carboxylic acids is 1. The second-order valence-corrected chi connectivity index (χ2v) is 5.48. The molecular formula is C17H23N5O. The molecule has 2 aromatic rings. The SMILES string of the molecule is CCc1ccccc1NC(=O)c1cc(NCCN(C)C)ncn1. The Bertz CT molecular complexity index is 657. The summed E-state index contributed by atoms with van der Waals surface area (Å²) in [4.78, 5) is 22.7. The van der Waals surface area contributed by atoms with Gasteiger partial charge in [-0.15, -0.1) is 0 Å². The van der Waals surface area contributed by atoms with Crippen LogP contribution >= 0.6 is 0 Å². The van der Waals surface area contributed by atoms with Gasteiger partial charge < -0.3 is 15.5 Å². The summed E-state index contributed by atoms with van der Waals surface area (Å²) in [5.41, 5.74) is 2.26. The third-order valence-corrected chi connectivity index (χ3v) is 3.41. The topological polar surface area (TPSA) is 70.2 Å². The van der Waals surface area contributed by atoms with Crippen LogP contribution < -0.4 is 10.6 Å². The van der Waals surface area contributed by atoms with E-state index < -0.39 is 0 Å². The molecule has 1 aromatic carbocycles. The number of hydrogen-bond donors (Lipinski definition) is 2. The minimum absolute atomic E-state index is 0.232. The maximum Gasteiger partial charge on any atom is 0.274 e. The molecule has 2 N–H and O–H groups in total. The van der Waals surface area contributed by atoms with Gasteiger partial charge in [-0.3, -0.25) is 4.79 Å². The quantitative estimate of drug-likeness (QED) is 0.820. The fourth-order valence-corrected chi connectivity index (χ4v) is 2.12. The summed E-state index contributed by atoms with van der Waals surface area (Å²) in [6, 6.07) is 9.44. The third-order valence-electron chi connectivity index (χ3n) is 3.41. The Hall–Kier alpha value is -2.47. The first-order chi connectivity index (χ1) is 11.1. The summed E-state index contributed by atoms with van der Waals surface area (Å²) in [7, 11) is 4.01. The molecule has 1 heterocycles. The number of benzene rings is 1. The highest BCUT2D eigenvalue weighted by molar-refractivity contribution is 6.03. The fourth-order valence-electron chi connectivity index (χ4n) is 2.12. The molecule has 0 bridgehead atoms. The van der Waals surface area contributed by atoms with E-state index in [9.17, 15) is 4.79 Å². The van der Waals surface area contributed by atoms with Gasteiger partial charge in [-0.05, 0) is 32.1 Å². The summed E-state index contributed by atoms with van der Waals surface area (Å²) < 4.78 is 0. The van der Waals surface area contributed by atoms with Crippen LogP contribution in [0.5, 0.6) is 0 Å². The molecule has 6 nitrogen and oxygen atoms in total. The number of aromatic nitrogens is 2. The van der Waals surface area contributed by atoms with Crippen molar-refractivity contribution in [3.05, 3.63) is 47.9 Å². The van der Waals surface area contributed by atoms with E-state index in [1.165, 1.54) is 6.33 Å². The second-order valence-electron chi connectivity index (χ2n) is 5.48. The molecule has 122 valence electrons. The van der Waals surface area contributed by atoms with Crippen molar-refractivity contribution in [2.45, 2.75) is 13.3 Å². The minimum atomic E-state index is -0.232. The highest BCUT2D eigenvalue weighted by atomic mass is 16.1. The number of para-hydroxylation sites is 1. The van der Waals surface area contributed by atoms with Crippen molar-refractivity contribution in [1.29, 1.82) is 0 Å². The molecule has 0 saturated carbocycles. The molecule has 0 unspecified atom stereocenters. The Kier molecular flexibility index (Phi) is 6.05. The summed E-state index contributed by atoms with van der Waals surface area (Å²) in [5, 5.41) is 6.10. The van der Waals surface area contributed by atoms with Crippen LogP contribution in [0.4, 0.5) is 11.5 Å². The highest BCUT2D eigenvalue weighted by Crippen LogP contribution is 2.16. The van der Waals surface area contributed by atoms with Gasteiger partial charge in [0.2, 0.25) is 0 Å². The normalized spacial score (nSPS) is 10.6. The van der Waals surface area contributed by atoms with Crippen LogP contribution in [0.3, 0.4) is 0 Å². The highest BCUT2D eigenvalue weighted by Gasteiger charge is 2.10. The minimum Gasteiger partial charge on any atom is -0.369 e. The van der Waals surface area contributed by atoms with E-state index in [1.54, 1.807) is 6.07 Å². The first-order valence-corrected chi connectivity index (χ1v) is 7.70. The van der Waals surface area contributed by atoms with Crippen LogP contribution in [-0.2, 0) is 6.42 Å². The second kappa shape index (κ2) is 8.24. The zero-order valence-electron chi connectivity index (χ0n) is 13.8. The van der Waals surface area contributed by atoms with Gasteiger partial charge in [0, 0.05) is 24.8 Å². The van der Waals surface area contributed by atoms with Crippen molar-refractivity contribution in [1.82, 2.24) is 14.9 Å². The van der Waals surface area contributed by atoms with Crippen molar-refractivity contribution >= 4 is 17.4 Å². The lowest BCUT2D eigenvalue weighted by molar-refractivity contribution is 0.102. The number of aryl methyl sites for hydroxylation is 1. The summed E-state index contributed by atoms with van der Waals surface area (Å²) in [6.45, 7) is 3.70. The monoisotopic (exact) mass is 313 g/mol. The predicted octanol–water partition coefficient (Wildman–Crippen LogP) is 2.26. The predicted molar refractivity (Wildman–Crippen MR) is 92.8 cm³/mol. The zero-order chi connectivity index (χ0) is 16.7. The number of nitrogens with one attached hydrogen (secondary N) is 2. The molecule has 0 aliphatic carbocycles. The van der Waals surface area contributed by atoms with Crippen molar-refractivity contribution < 1.29 is 4.79 Å². The number of likely N-dealkylation sites (N-methyl/N-ethyl adjacent to an activating group) is 1. The smallest absolute Gasteiger partial charge is 0.274 e. The van der Waals surface area contributed by atoms with Crippen LogP contribution in [0.2, 0.25) is 0 Å². The van der Waals surface area contributed by atoms with Crippen LogP contribution in [0.15, 0.2) is 36.7 Å². The van der Waals surface area contributed by atoms with Gasteiger partial charge >= 0.3 is 0 Å². The lowest BCUT2D eigenvalue weighted by atomic mass is 10.1. The molecule has 1 aromatic heterocycles. The van der Waals surface area contributed by atoms with Gasteiger partial charge in [0.1, 0.15) is 17.8 Å². The van der Waals surface area contributed by atoms with Crippen molar-refractivity contribution in [3.8, 4) is 0 Å². The lowest BCUT2D eigenvalue weighted by Crippen LogP contribution is -2.21. The number of rotatable bonds is 7. The Morgan fingerprint density at radius 2 is 2.00 bits per heavy atom. The van der Waals surface area contributed by atoms with E-state index in [0.717, 1.165) is 30.8 Å². The fraction of sp³-hybridized carbons (Fsp3) is 0.353. The summed E-state index contributed by atoms with van der Waals surface area (Å²) in [6.07, 6.45) is 2.26. The van der Waals surface area contributed by atoms with Gasteiger partial charge in [0.05, 0.1) is 0 Å². The van der Waals surface area contributed by atoms with E-state index in [0.29, 0.717) is 11.5 Å². The number of amides is 1. The molecule has 6 heteroatoms. The van der Waals surface area contributed by atoms with Crippen LogP contribution in [-0.4, -0.2) is 48.0 Å². The number of hydrogen-bond acceptors (Lipinski definition) is 5. The molecule has 0 aliphatic rings. The first kappa shape index (κ1) is 16.9. The average Bonchev–Trinajstić information content (AvgIpc) is 2.55. The summed E-state index contributed by atoms with van der Waals surface area (Å²) >= 11 is 0. The van der Waals surface area contributed by atoms with E-state index in [1.807, 2.05) is 38.4 Å². The standard InChI is InChI=1S/C17H23N5O/c1-4-13-7-5-6-8-14(13)21-17(23)15-11-16(20-12-19-15)18-9-10-22(2)3/h5-8,11-12H,4,9-10H2,1-3H3,(H,21,23)(H,18,19,20). The molecule has 0 fully saturated rings. The van der Waals surface area contributed by atoms with E-state index in [2.05, 4.69) is 32.4 Å². The van der Waals surface area contributed by atoms with Gasteiger partial charge in [0.25, 0.3) is 5.91 Å². The van der Waals surface area contributed by atoms with Gasteiger partial charge in [0.15, 0.2) is 0 Å². The maximum absolute atomic E-state index is 12.4.